The summed E-state index contributed by atoms with van der Waals surface area (Å²) in [4.78, 5) is 12.4. The molecular weight excluding hydrogens is 647 g/mol. The van der Waals surface area contributed by atoms with Gasteiger partial charge >= 0.3 is 20.4 Å². The number of nitriles is 1. The van der Waals surface area contributed by atoms with Gasteiger partial charge in [-0.1, -0.05) is 42.5 Å². The van der Waals surface area contributed by atoms with Gasteiger partial charge in [0.15, 0.2) is 0 Å². The van der Waals surface area contributed by atoms with E-state index >= 15 is 0 Å². The van der Waals surface area contributed by atoms with Crippen molar-refractivity contribution in [3.63, 3.8) is 0 Å². The van der Waals surface area contributed by atoms with Crippen molar-refractivity contribution in [3.05, 3.63) is 115 Å². The number of benzene rings is 2. The Balaban J connectivity index is 0.00000232. The summed E-state index contributed by atoms with van der Waals surface area (Å²) in [5, 5.41) is 32.5. The first kappa shape index (κ1) is 37.8. The van der Waals surface area contributed by atoms with E-state index in [1.165, 1.54) is 6.92 Å². The van der Waals surface area contributed by atoms with E-state index in [9.17, 15) is 10.2 Å². The van der Waals surface area contributed by atoms with Gasteiger partial charge in [-0.3, -0.25) is 9.98 Å². The van der Waals surface area contributed by atoms with Gasteiger partial charge in [0.25, 0.3) is 0 Å². The Labute approximate surface area is 275 Å². The third-order valence-electron chi connectivity index (χ3n) is 5.99. The number of aromatic nitrogens is 1. The van der Waals surface area contributed by atoms with Gasteiger partial charge in [0.1, 0.15) is 11.5 Å². The molecule has 1 aromatic heterocycles. The topological polar surface area (TPSA) is 126 Å². The van der Waals surface area contributed by atoms with Gasteiger partial charge in [0.2, 0.25) is 0 Å². The largest absolute Gasteiger partial charge is 2.00 e. The Hall–Kier alpha value is -4.24. The second kappa shape index (κ2) is 23.2. The average Bonchev–Trinajstić information content (AvgIpc) is 3.04. The van der Waals surface area contributed by atoms with Crippen molar-refractivity contribution in [2.24, 2.45) is 9.98 Å². The summed E-state index contributed by atoms with van der Waals surface area (Å²) >= 11 is 0. The summed E-state index contributed by atoms with van der Waals surface area (Å²) < 4.78 is 11.5. The summed E-state index contributed by atoms with van der Waals surface area (Å²) in [6, 6.07) is 21.4. The molecule has 0 fully saturated rings. The van der Waals surface area contributed by atoms with Crippen molar-refractivity contribution in [2.75, 3.05) is 13.2 Å². The molecule has 0 radical (unpaired) electrons. The molecule has 0 aliphatic heterocycles. The molecule has 0 unspecified atom stereocenters. The second-order valence-corrected chi connectivity index (χ2v) is 9.43. The van der Waals surface area contributed by atoms with Crippen LogP contribution in [-0.4, -0.2) is 30.0 Å². The standard InChI is InChI=1S/C33H39N3O4.C2H3N.Pd/c1-3-5-7-9-22-39-28-18-14-26(15-19-28)24-34-32(37)30-12-11-13-31(36-30)33(38)35-25-27-16-20-29(21-17-27)40-23-10-8-6-4-2;1-2-3;/h3-4,11-21H,1-2,5-10,22-25H2,(H,34,37)(H,35,38);1H3;/q;;+2/p-2. The average molecular weight is 687 g/mol. The first-order valence-electron chi connectivity index (χ1n) is 14.4. The number of rotatable bonds is 18. The van der Waals surface area contributed by atoms with E-state index < -0.39 is 11.8 Å². The quantitative estimate of drug-likeness (QED) is 0.0556. The number of allylic oxidation sites excluding steroid dienone is 2. The zero-order valence-corrected chi connectivity index (χ0v) is 26.8. The molecule has 0 amide bonds. The zero-order valence-electron chi connectivity index (χ0n) is 25.2. The molecule has 0 aliphatic rings. The van der Waals surface area contributed by atoms with E-state index in [1.807, 2.05) is 60.7 Å². The number of aliphatic imine (C=N–C) groups is 2. The van der Waals surface area contributed by atoms with Gasteiger partial charge in [-0.15, -0.1) is 13.2 Å². The van der Waals surface area contributed by atoms with Crippen molar-refractivity contribution in [1.29, 1.82) is 5.26 Å². The fraction of sp³-hybridized carbons (Fsp3) is 0.314. The van der Waals surface area contributed by atoms with Crippen LogP contribution in [0.5, 0.6) is 11.5 Å². The van der Waals surface area contributed by atoms with E-state index in [4.69, 9.17) is 14.7 Å². The minimum Gasteiger partial charge on any atom is -0.857 e. The normalized spacial score (nSPS) is 10.8. The minimum absolute atomic E-state index is 0. The monoisotopic (exact) mass is 686 g/mol. The molecule has 0 atom stereocenters. The van der Waals surface area contributed by atoms with E-state index in [-0.39, 0.29) is 44.9 Å². The smallest absolute Gasteiger partial charge is 0.857 e. The molecule has 0 aliphatic carbocycles. The maximum atomic E-state index is 12.6. The molecule has 1 heterocycles. The fourth-order valence-corrected chi connectivity index (χ4v) is 3.70. The van der Waals surface area contributed by atoms with Gasteiger partial charge < -0.3 is 19.7 Å². The predicted octanol–water partition coefficient (Wildman–Crippen LogP) is 5.69. The van der Waals surface area contributed by atoms with Crippen molar-refractivity contribution >= 4 is 11.8 Å². The molecule has 0 saturated heterocycles. The van der Waals surface area contributed by atoms with Crippen LogP contribution in [-0.2, 0) is 33.5 Å². The maximum Gasteiger partial charge on any atom is 2.00 e. The summed E-state index contributed by atoms with van der Waals surface area (Å²) in [6.45, 7) is 10.6. The third kappa shape index (κ3) is 15.3. The van der Waals surface area contributed by atoms with Crippen LogP contribution in [0, 0.1) is 11.3 Å². The van der Waals surface area contributed by atoms with Gasteiger partial charge in [-0.05, 0) is 86.1 Å². The zero-order chi connectivity index (χ0) is 31.1. The number of nitrogens with zero attached hydrogens (tertiary/aromatic N) is 4. The Morgan fingerprint density at radius 2 is 1.14 bits per heavy atom. The van der Waals surface area contributed by atoms with Crippen LogP contribution in [0.2, 0.25) is 0 Å². The molecule has 2 aromatic carbocycles. The van der Waals surface area contributed by atoms with Crippen LogP contribution in [0.25, 0.3) is 0 Å². The number of hydrogen-bond donors (Lipinski definition) is 0. The van der Waals surface area contributed by atoms with Crippen LogP contribution in [0.15, 0.2) is 102 Å². The Morgan fingerprint density at radius 1 is 0.750 bits per heavy atom. The molecule has 8 nitrogen and oxygen atoms in total. The maximum absolute atomic E-state index is 12.6. The van der Waals surface area contributed by atoms with Gasteiger partial charge in [-0.25, -0.2) is 4.98 Å². The van der Waals surface area contributed by atoms with E-state index in [0.717, 1.165) is 61.2 Å². The minimum atomic E-state index is -0.489. The summed E-state index contributed by atoms with van der Waals surface area (Å²) in [6.07, 6.45) is 9.84. The summed E-state index contributed by atoms with van der Waals surface area (Å²) in [5.41, 5.74) is 1.96. The molecule has 0 saturated carbocycles. The molecule has 3 aromatic rings. The van der Waals surface area contributed by atoms with Crippen LogP contribution < -0.4 is 19.7 Å². The molecule has 44 heavy (non-hydrogen) atoms. The molecule has 3 rings (SSSR count). The number of hydrogen-bond acceptors (Lipinski definition) is 8. The molecule has 0 spiro atoms. The Morgan fingerprint density at radius 3 is 1.50 bits per heavy atom. The van der Waals surface area contributed by atoms with Gasteiger partial charge in [-0.2, -0.15) is 5.26 Å². The SMILES string of the molecule is C=CCCCCOc1ccc(CN=C([O-])c2cccc(C([O-])=NCc3ccc(OCCCCC=C)cc3)n2)cc1.CC#N.[Pd+2]. The van der Waals surface area contributed by atoms with Gasteiger partial charge in [0, 0.05) is 18.7 Å². The Bertz CT molecular complexity index is 1260. The van der Waals surface area contributed by atoms with Gasteiger partial charge in [0.05, 0.1) is 43.8 Å². The van der Waals surface area contributed by atoms with Crippen molar-refractivity contribution in [1.82, 2.24) is 4.98 Å². The molecule has 234 valence electrons. The number of ether oxygens (including phenoxy) is 2. The van der Waals surface area contributed by atoms with Crippen LogP contribution in [0.1, 0.15) is 68.0 Å². The molecule has 0 N–H and O–H groups in total. The summed E-state index contributed by atoms with van der Waals surface area (Å²) in [7, 11) is 0. The van der Waals surface area contributed by atoms with Crippen molar-refractivity contribution in [2.45, 2.75) is 58.5 Å². The van der Waals surface area contributed by atoms with Crippen molar-refractivity contribution in [3.8, 4) is 17.6 Å². The van der Waals surface area contributed by atoms with Crippen LogP contribution >= 0.6 is 0 Å². The van der Waals surface area contributed by atoms with E-state index in [2.05, 4.69) is 28.1 Å². The molecule has 9 heteroatoms. The van der Waals surface area contributed by atoms with E-state index in [1.54, 1.807) is 24.3 Å². The van der Waals surface area contributed by atoms with E-state index in [0.29, 0.717) is 13.2 Å². The molecule has 0 bridgehead atoms. The summed E-state index contributed by atoms with van der Waals surface area (Å²) in [5.74, 6) is 0.587. The first-order chi connectivity index (χ1) is 21.0. The first-order valence-corrected chi connectivity index (χ1v) is 14.4. The fourth-order valence-electron chi connectivity index (χ4n) is 3.70. The van der Waals surface area contributed by atoms with Crippen LogP contribution in [0.3, 0.4) is 0 Å². The third-order valence-corrected chi connectivity index (χ3v) is 5.99. The predicted molar refractivity (Wildman–Crippen MR) is 168 cm³/mol. The Kier molecular flexibility index (Phi) is 20.0. The number of pyridine rings is 1. The second-order valence-electron chi connectivity index (χ2n) is 9.43. The van der Waals surface area contributed by atoms with Crippen LogP contribution in [0.4, 0.5) is 0 Å². The number of unbranched alkanes of at least 4 members (excludes halogenated alkanes) is 4. The molecular formula is C35H40N4O4Pd. The van der Waals surface area contributed by atoms with Crippen molar-refractivity contribution < 1.29 is 40.1 Å².